The van der Waals surface area contributed by atoms with Crippen LogP contribution in [0.15, 0.2) is 78.9 Å². The molecule has 8 heteroatoms. The highest BCUT2D eigenvalue weighted by Gasteiger charge is 2.22. The summed E-state index contributed by atoms with van der Waals surface area (Å²) in [5, 5.41) is 1.26. The Balaban J connectivity index is 1.12. The maximum atomic E-state index is 12.8. The van der Waals surface area contributed by atoms with E-state index in [-0.39, 0.29) is 5.91 Å². The molecule has 0 bridgehead atoms. The largest absolute Gasteiger partial charge is 0.430 e. The van der Waals surface area contributed by atoms with Crippen LogP contribution in [0, 0.1) is 0 Å². The van der Waals surface area contributed by atoms with E-state index in [1.165, 1.54) is 11.5 Å². The molecule has 0 spiro atoms. The van der Waals surface area contributed by atoms with Gasteiger partial charge in [-0.1, -0.05) is 66.2 Å². The van der Waals surface area contributed by atoms with Gasteiger partial charge >= 0.3 is 0 Å². The fourth-order valence-corrected chi connectivity index (χ4v) is 4.92. The van der Waals surface area contributed by atoms with Crippen molar-refractivity contribution in [2.24, 2.45) is 0 Å². The van der Waals surface area contributed by atoms with Crippen LogP contribution >= 0.6 is 23.1 Å². The van der Waals surface area contributed by atoms with Crippen LogP contribution < -0.4 is 9.64 Å². The van der Waals surface area contributed by atoms with Crippen LogP contribution in [0.5, 0.6) is 10.9 Å². The van der Waals surface area contributed by atoms with Crippen molar-refractivity contribution in [2.75, 3.05) is 31.1 Å². The van der Waals surface area contributed by atoms with Gasteiger partial charge < -0.3 is 14.5 Å². The summed E-state index contributed by atoms with van der Waals surface area (Å²) in [7, 11) is 0. The monoisotopic (exact) mass is 504 g/mol. The first-order valence-electron chi connectivity index (χ1n) is 11.5. The third-order valence-corrected chi connectivity index (χ3v) is 6.92. The van der Waals surface area contributed by atoms with Crippen molar-refractivity contribution in [3.05, 3.63) is 101 Å². The Morgan fingerprint density at radius 2 is 1.60 bits per heavy atom. The minimum atomic E-state index is 0.132. The van der Waals surface area contributed by atoms with Crippen LogP contribution in [-0.4, -0.2) is 46.3 Å². The summed E-state index contributed by atoms with van der Waals surface area (Å²) in [5.74, 6) is 1.55. The molecule has 2 heterocycles. The summed E-state index contributed by atoms with van der Waals surface area (Å²) in [6.45, 7) is 2.92. The number of halogens is 1. The summed E-state index contributed by atoms with van der Waals surface area (Å²) in [6, 6.07) is 25.6. The van der Waals surface area contributed by atoms with Gasteiger partial charge in [-0.15, -0.1) is 0 Å². The quantitative estimate of drug-likeness (QED) is 0.334. The van der Waals surface area contributed by atoms with Crippen LogP contribution in [0.3, 0.4) is 0 Å². The number of benzene rings is 3. The molecule has 0 N–H and O–H groups in total. The number of hydrogen-bond acceptors (Lipinski definition) is 6. The molecule has 1 aromatic heterocycles. The summed E-state index contributed by atoms with van der Waals surface area (Å²) in [6.07, 6.45) is 1.04. The topological polar surface area (TPSA) is 58.6 Å². The molecular formula is C27H25ClN4O2S. The normalized spacial score (nSPS) is 13.6. The molecule has 1 amide bonds. The first-order valence-corrected chi connectivity index (χ1v) is 12.7. The molecule has 0 unspecified atom stereocenters. The van der Waals surface area contributed by atoms with E-state index in [9.17, 15) is 4.79 Å². The van der Waals surface area contributed by atoms with E-state index in [2.05, 4.69) is 26.4 Å². The molecule has 4 aromatic rings. The van der Waals surface area contributed by atoms with Gasteiger partial charge in [-0.2, -0.15) is 9.36 Å². The zero-order valence-electron chi connectivity index (χ0n) is 19.1. The third-order valence-electron chi connectivity index (χ3n) is 5.96. The molecule has 1 aliphatic heterocycles. The number of nitrogens with zero attached hydrogens (tertiary/aromatic N) is 4. The first kappa shape index (κ1) is 23.3. The van der Waals surface area contributed by atoms with Crippen molar-refractivity contribution in [3.8, 4) is 10.9 Å². The van der Waals surface area contributed by atoms with E-state index >= 15 is 0 Å². The van der Waals surface area contributed by atoms with Gasteiger partial charge in [-0.3, -0.25) is 4.79 Å². The number of rotatable bonds is 7. The zero-order valence-corrected chi connectivity index (χ0v) is 20.7. The van der Waals surface area contributed by atoms with Crippen molar-refractivity contribution in [2.45, 2.75) is 12.8 Å². The van der Waals surface area contributed by atoms with E-state index < -0.39 is 0 Å². The molecule has 0 aliphatic carbocycles. The Bertz CT molecular complexity index is 1270. The minimum Gasteiger partial charge on any atom is -0.430 e. The van der Waals surface area contributed by atoms with Gasteiger partial charge in [0.25, 0.3) is 5.19 Å². The number of ether oxygens (including phenoxy) is 1. The smallest absolute Gasteiger partial charge is 0.298 e. The molecule has 1 saturated heterocycles. The van der Waals surface area contributed by atoms with Gasteiger partial charge in [0.15, 0.2) is 5.82 Å². The number of hydrogen-bond donors (Lipinski definition) is 0. The van der Waals surface area contributed by atoms with Crippen molar-refractivity contribution in [1.82, 2.24) is 14.3 Å². The van der Waals surface area contributed by atoms with E-state index in [4.69, 9.17) is 16.3 Å². The lowest BCUT2D eigenvalue weighted by atomic mass is 10.1. The average Bonchev–Trinajstić information content (AvgIpc) is 3.33. The number of aromatic nitrogens is 2. The van der Waals surface area contributed by atoms with E-state index in [1.807, 2.05) is 71.6 Å². The number of carbonyl (C=O) groups is 1. The summed E-state index contributed by atoms with van der Waals surface area (Å²) >= 11 is 7.56. The van der Waals surface area contributed by atoms with E-state index in [0.29, 0.717) is 36.9 Å². The molecule has 5 rings (SSSR count). The minimum absolute atomic E-state index is 0.132. The fraction of sp³-hybridized carbons (Fsp3) is 0.222. The van der Waals surface area contributed by atoms with Crippen molar-refractivity contribution in [3.63, 3.8) is 0 Å². The van der Waals surface area contributed by atoms with Crippen molar-refractivity contribution >= 4 is 34.7 Å². The van der Waals surface area contributed by atoms with Crippen molar-refractivity contribution < 1.29 is 9.53 Å². The lowest BCUT2D eigenvalue weighted by molar-refractivity contribution is -0.130. The number of amides is 1. The SMILES string of the molecule is O=C(Cc1ccc(Oc2nc(Cc3ccccc3)ns2)cc1)N1CCN(c2ccccc2Cl)CC1. The standard InChI is InChI=1S/C27H25ClN4O2S/c28-23-8-4-5-9-24(23)31-14-16-32(17-15-31)26(33)19-21-10-12-22(13-11-21)34-27-29-25(30-35-27)18-20-6-2-1-3-7-20/h1-13H,14-19H2. The Morgan fingerprint density at radius 3 is 2.34 bits per heavy atom. The molecule has 0 saturated carbocycles. The number of carbonyl (C=O) groups excluding carboxylic acids is 1. The summed E-state index contributed by atoms with van der Waals surface area (Å²) < 4.78 is 10.3. The predicted octanol–water partition coefficient (Wildman–Crippen LogP) is 5.47. The van der Waals surface area contributed by atoms with Crippen molar-refractivity contribution in [1.29, 1.82) is 0 Å². The molecular weight excluding hydrogens is 480 g/mol. The predicted molar refractivity (Wildman–Crippen MR) is 140 cm³/mol. The highest BCUT2D eigenvalue weighted by molar-refractivity contribution is 7.07. The fourth-order valence-electron chi connectivity index (χ4n) is 4.10. The molecule has 1 fully saturated rings. The van der Waals surface area contributed by atoms with Crippen LogP contribution in [0.25, 0.3) is 0 Å². The van der Waals surface area contributed by atoms with Gasteiger partial charge in [-0.05, 0) is 35.4 Å². The molecule has 35 heavy (non-hydrogen) atoms. The van der Waals surface area contributed by atoms with Gasteiger partial charge in [0.1, 0.15) is 5.75 Å². The second kappa shape index (κ2) is 10.9. The Kier molecular flexibility index (Phi) is 7.25. The highest BCUT2D eigenvalue weighted by Crippen LogP contribution is 2.27. The lowest BCUT2D eigenvalue weighted by Crippen LogP contribution is -2.49. The molecule has 178 valence electrons. The Labute approximate surface area is 213 Å². The maximum absolute atomic E-state index is 12.8. The highest BCUT2D eigenvalue weighted by atomic mass is 35.5. The molecule has 0 radical (unpaired) electrons. The Hall–Kier alpha value is -3.42. The maximum Gasteiger partial charge on any atom is 0.298 e. The van der Waals surface area contributed by atoms with Gasteiger partial charge in [0.2, 0.25) is 5.91 Å². The molecule has 0 atom stereocenters. The Morgan fingerprint density at radius 1 is 0.886 bits per heavy atom. The third kappa shape index (κ3) is 5.99. The first-order chi connectivity index (χ1) is 17.1. The lowest BCUT2D eigenvalue weighted by Gasteiger charge is -2.36. The van der Waals surface area contributed by atoms with Gasteiger partial charge in [0.05, 0.1) is 17.1 Å². The van der Waals surface area contributed by atoms with Gasteiger partial charge in [-0.25, -0.2) is 0 Å². The zero-order chi connectivity index (χ0) is 24.0. The van der Waals surface area contributed by atoms with Crippen LogP contribution in [0.4, 0.5) is 5.69 Å². The van der Waals surface area contributed by atoms with E-state index in [0.717, 1.165) is 40.8 Å². The van der Waals surface area contributed by atoms with Gasteiger partial charge in [0, 0.05) is 44.1 Å². The average molecular weight is 505 g/mol. The molecule has 6 nitrogen and oxygen atoms in total. The number of piperazine rings is 1. The summed E-state index contributed by atoms with van der Waals surface area (Å²) in [4.78, 5) is 21.5. The molecule has 3 aromatic carbocycles. The number of para-hydroxylation sites is 1. The second-order valence-electron chi connectivity index (χ2n) is 8.38. The second-order valence-corrected chi connectivity index (χ2v) is 9.50. The summed E-state index contributed by atoms with van der Waals surface area (Å²) in [5.41, 5.74) is 3.15. The van der Waals surface area contributed by atoms with Crippen LogP contribution in [0.2, 0.25) is 5.02 Å². The number of anilines is 1. The van der Waals surface area contributed by atoms with Crippen LogP contribution in [-0.2, 0) is 17.6 Å². The molecule has 1 aliphatic rings. The van der Waals surface area contributed by atoms with Crippen LogP contribution in [0.1, 0.15) is 17.0 Å². The van der Waals surface area contributed by atoms with E-state index in [1.54, 1.807) is 0 Å².